The summed E-state index contributed by atoms with van der Waals surface area (Å²) >= 11 is 6.29. The molecule has 3 nitrogen and oxygen atoms in total. The van der Waals surface area contributed by atoms with Crippen LogP contribution >= 0.6 is 11.6 Å². The summed E-state index contributed by atoms with van der Waals surface area (Å²) in [5.74, 6) is -1.11. The maximum atomic E-state index is 11.3. The molecule has 23 heavy (non-hydrogen) atoms. The van der Waals surface area contributed by atoms with E-state index in [9.17, 15) is 15.0 Å². The molecule has 0 fully saturated rings. The predicted molar refractivity (Wildman–Crippen MR) is 90.5 cm³/mol. The lowest BCUT2D eigenvalue weighted by atomic mass is 9.77. The van der Waals surface area contributed by atoms with Gasteiger partial charge in [0, 0.05) is 12.0 Å². The normalized spacial score (nSPS) is 20.2. The van der Waals surface area contributed by atoms with Crippen molar-refractivity contribution < 1.29 is 15.0 Å². The highest BCUT2D eigenvalue weighted by atomic mass is 35.5. The second-order valence-corrected chi connectivity index (χ2v) is 5.79. The smallest absolute Gasteiger partial charge is 0.337 e. The molecule has 0 saturated heterocycles. The highest BCUT2D eigenvalue weighted by Crippen LogP contribution is 2.44. The Hall–Kier alpha value is -2.36. The van der Waals surface area contributed by atoms with Crippen molar-refractivity contribution >= 4 is 23.1 Å². The standard InChI is InChI=1S/C19H15ClO3/c20-17-14(18(21)22)9-6-11-16(17)19(23)12-5-4-10-15(19)13-7-2-1-3-8-13/h1-11,23H,12H2,(H,21,22). The lowest BCUT2D eigenvalue weighted by molar-refractivity contribution is 0.0696. The third-order valence-electron chi connectivity index (χ3n) is 4.02. The van der Waals surface area contributed by atoms with Crippen molar-refractivity contribution in [2.24, 2.45) is 0 Å². The van der Waals surface area contributed by atoms with E-state index in [1.165, 1.54) is 6.07 Å². The predicted octanol–water partition coefficient (Wildman–Crippen LogP) is 4.27. The van der Waals surface area contributed by atoms with Crippen LogP contribution in [0.2, 0.25) is 5.02 Å². The summed E-state index contributed by atoms with van der Waals surface area (Å²) in [5.41, 5.74) is 0.595. The molecular weight excluding hydrogens is 312 g/mol. The number of carboxylic acids is 1. The van der Waals surface area contributed by atoms with Crippen LogP contribution in [0.3, 0.4) is 0 Å². The van der Waals surface area contributed by atoms with Gasteiger partial charge in [0.05, 0.1) is 10.6 Å². The largest absolute Gasteiger partial charge is 0.478 e. The monoisotopic (exact) mass is 326 g/mol. The number of carbonyl (C=O) groups is 1. The molecule has 116 valence electrons. The number of carboxylic acid groups (broad SMARTS) is 1. The molecule has 0 saturated carbocycles. The number of halogens is 1. The highest BCUT2D eigenvalue weighted by molar-refractivity contribution is 6.34. The Morgan fingerprint density at radius 2 is 1.83 bits per heavy atom. The maximum absolute atomic E-state index is 11.3. The van der Waals surface area contributed by atoms with Gasteiger partial charge >= 0.3 is 5.97 Å². The Morgan fingerprint density at radius 3 is 2.52 bits per heavy atom. The van der Waals surface area contributed by atoms with Crippen LogP contribution < -0.4 is 0 Å². The molecule has 0 aliphatic heterocycles. The second kappa shape index (κ2) is 6.03. The van der Waals surface area contributed by atoms with Gasteiger partial charge in [-0.3, -0.25) is 0 Å². The molecule has 0 amide bonds. The molecule has 2 aromatic rings. The zero-order chi connectivity index (χ0) is 16.4. The van der Waals surface area contributed by atoms with Crippen LogP contribution in [-0.2, 0) is 5.60 Å². The van der Waals surface area contributed by atoms with Crippen LogP contribution in [0, 0.1) is 0 Å². The Morgan fingerprint density at radius 1 is 1.09 bits per heavy atom. The number of aromatic carboxylic acids is 1. The molecule has 0 bridgehead atoms. The van der Waals surface area contributed by atoms with E-state index in [4.69, 9.17) is 11.6 Å². The molecule has 0 radical (unpaired) electrons. The van der Waals surface area contributed by atoms with Crippen LogP contribution in [0.4, 0.5) is 0 Å². The zero-order valence-electron chi connectivity index (χ0n) is 12.2. The third kappa shape index (κ3) is 2.69. The average molecular weight is 327 g/mol. The van der Waals surface area contributed by atoms with Gasteiger partial charge in [-0.25, -0.2) is 4.79 Å². The molecule has 2 aromatic carbocycles. The van der Waals surface area contributed by atoms with E-state index in [0.29, 0.717) is 17.6 Å². The van der Waals surface area contributed by atoms with Crippen LogP contribution in [0.5, 0.6) is 0 Å². The van der Waals surface area contributed by atoms with Crippen molar-refractivity contribution in [1.82, 2.24) is 0 Å². The van der Waals surface area contributed by atoms with Gasteiger partial charge in [-0.15, -0.1) is 0 Å². The molecule has 0 spiro atoms. The first-order valence-electron chi connectivity index (χ1n) is 7.21. The lowest BCUT2D eigenvalue weighted by Crippen LogP contribution is -2.29. The Labute approximate surface area is 139 Å². The van der Waals surface area contributed by atoms with E-state index in [0.717, 1.165) is 5.56 Å². The molecule has 1 atom stereocenters. The minimum Gasteiger partial charge on any atom is -0.478 e. The van der Waals surface area contributed by atoms with Gasteiger partial charge < -0.3 is 10.2 Å². The highest BCUT2D eigenvalue weighted by Gasteiger charge is 2.37. The van der Waals surface area contributed by atoms with E-state index >= 15 is 0 Å². The van der Waals surface area contributed by atoms with Gasteiger partial charge in [-0.05, 0) is 17.2 Å². The Balaban J connectivity index is 2.18. The Bertz CT molecular complexity index is 809. The summed E-state index contributed by atoms with van der Waals surface area (Å²) in [5, 5.41) is 20.7. The number of hydrogen-bond donors (Lipinski definition) is 2. The van der Waals surface area contributed by atoms with Crippen molar-refractivity contribution in [3.8, 4) is 0 Å². The fourth-order valence-electron chi connectivity index (χ4n) is 2.88. The van der Waals surface area contributed by atoms with Crippen LogP contribution in [0.25, 0.3) is 5.57 Å². The minimum absolute atomic E-state index is 0.0143. The zero-order valence-corrected chi connectivity index (χ0v) is 13.0. The van der Waals surface area contributed by atoms with Crippen molar-refractivity contribution in [2.45, 2.75) is 12.0 Å². The molecule has 4 heteroatoms. The number of hydrogen-bond acceptors (Lipinski definition) is 2. The fraction of sp³-hybridized carbons (Fsp3) is 0.105. The first kappa shape index (κ1) is 15.5. The number of allylic oxidation sites excluding steroid dienone is 2. The molecule has 2 N–H and O–H groups in total. The van der Waals surface area contributed by atoms with Crippen molar-refractivity contribution in [3.63, 3.8) is 0 Å². The second-order valence-electron chi connectivity index (χ2n) is 5.41. The molecule has 3 rings (SSSR count). The topological polar surface area (TPSA) is 57.5 Å². The molecule has 0 aromatic heterocycles. The third-order valence-corrected chi connectivity index (χ3v) is 4.42. The molecule has 1 unspecified atom stereocenters. The van der Waals surface area contributed by atoms with E-state index in [1.807, 2.05) is 48.6 Å². The van der Waals surface area contributed by atoms with E-state index in [1.54, 1.807) is 12.1 Å². The van der Waals surface area contributed by atoms with Gasteiger partial charge in [-0.1, -0.05) is 72.3 Å². The summed E-state index contributed by atoms with van der Waals surface area (Å²) < 4.78 is 0. The van der Waals surface area contributed by atoms with Crippen LogP contribution in [0.15, 0.2) is 66.8 Å². The minimum atomic E-state index is -1.36. The van der Waals surface area contributed by atoms with Crippen LogP contribution in [0.1, 0.15) is 27.9 Å². The van der Waals surface area contributed by atoms with Gasteiger partial charge in [-0.2, -0.15) is 0 Å². The quantitative estimate of drug-likeness (QED) is 0.885. The maximum Gasteiger partial charge on any atom is 0.337 e. The van der Waals surface area contributed by atoms with Gasteiger partial charge in [0.1, 0.15) is 5.60 Å². The van der Waals surface area contributed by atoms with Gasteiger partial charge in [0.15, 0.2) is 0 Å². The van der Waals surface area contributed by atoms with E-state index in [2.05, 4.69) is 0 Å². The average Bonchev–Trinajstić information content (AvgIpc) is 2.56. The van der Waals surface area contributed by atoms with E-state index < -0.39 is 11.6 Å². The summed E-state index contributed by atoms with van der Waals surface area (Å²) in [7, 11) is 0. The first-order valence-corrected chi connectivity index (χ1v) is 7.59. The van der Waals surface area contributed by atoms with Crippen molar-refractivity contribution in [1.29, 1.82) is 0 Å². The van der Waals surface area contributed by atoms with Crippen molar-refractivity contribution in [3.05, 3.63) is 88.5 Å². The Kier molecular flexibility index (Phi) is 4.07. The first-order chi connectivity index (χ1) is 11.0. The summed E-state index contributed by atoms with van der Waals surface area (Å²) in [4.78, 5) is 11.3. The van der Waals surface area contributed by atoms with Crippen molar-refractivity contribution in [2.75, 3.05) is 0 Å². The summed E-state index contributed by atoms with van der Waals surface area (Å²) in [6.45, 7) is 0. The van der Waals surface area contributed by atoms with E-state index in [-0.39, 0.29) is 10.6 Å². The molecular formula is C19H15ClO3. The summed E-state index contributed by atoms with van der Waals surface area (Å²) in [6.07, 6.45) is 5.89. The number of benzene rings is 2. The molecule has 1 aliphatic carbocycles. The lowest BCUT2D eigenvalue weighted by Gasteiger charge is -2.33. The SMILES string of the molecule is O=C(O)c1cccc(C2(O)CC=CC=C2c2ccccc2)c1Cl. The van der Waals surface area contributed by atoms with Crippen LogP contribution in [-0.4, -0.2) is 16.2 Å². The van der Waals surface area contributed by atoms with Gasteiger partial charge in [0.25, 0.3) is 0 Å². The van der Waals surface area contributed by atoms with Gasteiger partial charge in [0.2, 0.25) is 0 Å². The molecule has 0 heterocycles. The number of rotatable bonds is 3. The summed E-state index contributed by atoms with van der Waals surface area (Å²) in [6, 6.07) is 14.2. The fourth-order valence-corrected chi connectivity index (χ4v) is 3.24. The number of aliphatic hydroxyl groups is 1. The molecule has 1 aliphatic rings.